The number of thioether (sulfide) groups is 1. The summed E-state index contributed by atoms with van der Waals surface area (Å²) in [6.45, 7) is 6.18. The molecule has 2 aromatic rings. The fourth-order valence-corrected chi connectivity index (χ4v) is 2.83. The van der Waals surface area contributed by atoms with Crippen LogP contribution in [0.5, 0.6) is 5.75 Å². The van der Waals surface area contributed by atoms with Crippen molar-refractivity contribution in [3.8, 4) is 5.75 Å². The molecule has 1 amide bonds. The zero-order chi connectivity index (χ0) is 19.2. The van der Waals surface area contributed by atoms with Gasteiger partial charge in [-0.25, -0.2) is 0 Å². The van der Waals surface area contributed by atoms with Gasteiger partial charge in [0.15, 0.2) is 5.16 Å². The molecule has 0 aliphatic carbocycles. The van der Waals surface area contributed by atoms with Crippen LogP contribution >= 0.6 is 11.8 Å². The zero-order valence-electron chi connectivity index (χ0n) is 13.9. The number of amides is 1. The number of hydrogen-bond acceptors (Lipinski definition) is 5. The fourth-order valence-electron chi connectivity index (χ4n) is 2.07. The van der Waals surface area contributed by atoms with Crippen LogP contribution in [0.3, 0.4) is 0 Å². The summed E-state index contributed by atoms with van der Waals surface area (Å²) < 4.78 is 42.0. The molecule has 26 heavy (non-hydrogen) atoms. The van der Waals surface area contributed by atoms with E-state index in [2.05, 4.69) is 26.8 Å². The van der Waals surface area contributed by atoms with Crippen LogP contribution in [0.1, 0.15) is 12.7 Å². The largest absolute Gasteiger partial charge is 0.573 e. The topological polar surface area (TPSA) is 69.0 Å². The van der Waals surface area contributed by atoms with Gasteiger partial charge in [-0.3, -0.25) is 4.79 Å². The standard InChI is InChI=1S/C16H17F3N4O2S/c1-3-9-23-13(4-2)21-22-15(23)26-10-14(24)20-11-5-7-12(8-6-11)25-16(17,18)19/h3,5-8H,1,4,9-10H2,2H3,(H,20,24). The molecule has 0 fully saturated rings. The second-order valence-corrected chi connectivity index (χ2v) is 6.00. The lowest BCUT2D eigenvalue weighted by Crippen LogP contribution is -2.17. The molecule has 0 unspecified atom stereocenters. The van der Waals surface area contributed by atoms with Gasteiger partial charge >= 0.3 is 6.36 Å². The molecule has 0 bridgehead atoms. The molecule has 0 aliphatic rings. The maximum absolute atomic E-state index is 12.1. The minimum absolute atomic E-state index is 0.0831. The Hall–Kier alpha value is -2.49. The SMILES string of the molecule is C=CCn1c(CC)nnc1SCC(=O)Nc1ccc(OC(F)(F)F)cc1. The Morgan fingerprint density at radius 1 is 1.35 bits per heavy atom. The maximum Gasteiger partial charge on any atom is 0.573 e. The van der Waals surface area contributed by atoms with E-state index in [0.717, 1.165) is 18.0 Å². The lowest BCUT2D eigenvalue weighted by molar-refractivity contribution is -0.274. The highest BCUT2D eigenvalue weighted by Crippen LogP contribution is 2.24. The third-order valence-corrected chi connectivity index (χ3v) is 4.09. The van der Waals surface area contributed by atoms with E-state index in [0.29, 0.717) is 23.8 Å². The number of allylic oxidation sites excluding steroid dienone is 1. The van der Waals surface area contributed by atoms with Crippen molar-refractivity contribution in [1.82, 2.24) is 14.8 Å². The van der Waals surface area contributed by atoms with Crippen molar-refractivity contribution in [3.05, 3.63) is 42.7 Å². The van der Waals surface area contributed by atoms with Crippen LogP contribution in [0.4, 0.5) is 18.9 Å². The first-order valence-electron chi connectivity index (χ1n) is 7.63. The molecule has 140 valence electrons. The molecule has 2 rings (SSSR count). The van der Waals surface area contributed by atoms with Gasteiger partial charge in [-0.15, -0.1) is 29.9 Å². The summed E-state index contributed by atoms with van der Waals surface area (Å²) in [4.78, 5) is 12.0. The minimum Gasteiger partial charge on any atom is -0.406 e. The van der Waals surface area contributed by atoms with Crippen LogP contribution in [-0.4, -0.2) is 32.8 Å². The summed E-state index contributed by atoms with van der Waals surface area (Å²) in [7, 11) is 0. The first-order chi connectivity index (χ1) is 12.3. The molecular weight excluding hydrogens is 369 g/mol. The van der Waals surface area contributed by atoms with Crippen molar-refractivity contribution < 1.29 is 22.7 Å². The Morgan fingerprint density at radius 2 is 2.04 bits per heavy atom. The second-order valence-electron chi connectivity index (χ2n) is 5.06. The molecule has 1 N–H and O–H groups in total. The Labute approximate surface area is 152 Å². The second kappa shape index (κ2) is 8.75. The number of nitrogens with zero attached hydrogens (tertiary/aromatic N) is 3. The highest BCUT2D eigenvalue weighted by molar-refractivity contribution is 7.99. The Bertz CT molecular complexity index is 760. The molecule has 0 spiro atoms. The van der Waals surface area contributed by atoms with Gasteiger partial charge in [0.25, 0.3) is 0 Å². The highest BCUT2D eigenvalue weighted by atomic mass is 32.2. The van der Waals surface area contributed by atoms with Crippen molar-refractivity contribution >= 4 is 23.4 Å². The van der Waals surface area contributed by atoms with Crippen molar-refractivity contribution in [2.24, 2.45) is 0 Å². The number of carbonyl (C=O) groups excluding carboxylic acids is 1. The van der Waals surface area contributed by atoms with Crippen molar-refractivity contribution in [2.75, 3.05) is 11.1 Å². The van der Waals surface area contributed by atoms with Crippen LogP contribution < -0.4 is 10.1 Å². The van der Waals surface area contributed by atoms with E-state index in [1.165, 1.54) is 23.9 Å². The number of alkyl halides is 3. The Balaban J connectivity index is 1.91. The van der Waals surface area contributed by atoms with E-state index >= 15 is 0 Å². The van der Waals surface area contributed by atoms with Crippen LogP contribution in [0.25, 0.3) is 0 Å². The van der Waals surface area contributed by atoms with Gasteiger partial charge in [0.2, 0.25) is 5.91 Å². The molecule has 6 nitrogen and oxygen atoms in total. The molecule has 0 saturated carbocycles. The van der Waals surface area contributed by atoms with Gasteiger partial charge in [-0.2, -0.15) is 0 Å². The number of nitrogens with one attached hydrogen (secondary N) is 1. The van der Waals surface area contributed by atoms with Crippen LogP contribution in [0.2, 0.25) is 0 Å². The molecule has 1 aromatic carbocycles. The quantitative estimate of drug-likeness (QED) is 0.554. The van der Waals surface area contributed by atoms with Crippen molar-refractivity contribution in [2.45, 2.75) is 31.4 Å². The monoisotopic (exact) mass is 386 g/mol. The molecule has 0 radical (unpaired) electrons. The Morgan fingerprint density at radius 3 is 2.62 bits per heavy atom. The molecule has 0 saturated heterocycles. The van der Waals surface area contributed by atoms with Gasteiger partial charge in [0, 0.05) is 18.7 Å². The van der Waals surface area contributed by atoms with Crippen LogP contribution in [0.15, 0.2) is 42.1 Å². The summed E-state index contributed by atoms with van der Waals surface area (Å²) in [5.74, 6) is 0.216. The van der Waals surface area contributed by atoms with Gasteiger partial charge in [0.1, 0.15) is 11.6 Å². The number of rotatable bonds is 8. The van der Waals surface area contributed by atoms with Gasteiger partial charge in [-0.05, 0) is 24.3 Å². The number of carbonyl (C=O) groups is 1. The van der Waals surface area contributed by atoms with Crippen molar-refractivity contribution in [1.29, 1.82) is 0 Å². The number of halogens is 3. The first kappa shape index (κ1) is 19.8. The van der Waals surface area contributed by atoms with Gasteiger partial charge < -0.3 is 14.6 Å². The van der Waals surface area contributed by atoms with E-state index in [1.54, 1.807) is 6.08 Å². The fraction of sp³-hybridized carbons (Fsp3) is 0.312. The van der Waals surface area contributed by atoms with E-state index in [1.807, 2.05) is 11.5 Å². The highest BCUT2D eigenvalue weighted by Gasteiger charge is 2.30. The van der Waals surface area contributed by atoms with Crippen LogP contribution in [-0.2, 0) is 17.8 Å². The number of benzene rings is 1. The minimum atomic E-state index is -4.75. The van der Waals surface area contributed by atoms with Gasteiger partial charge in [0.05, 0.1) is 5.75 Å². The maximum atomic E-state index is 12.1. The molecule has 0 atom stereocenters. The normalized spacial score (nSPS) is 11.2. The summed E-state index contributed by atoms with van der Waals surface area (Å²) in [6, 6.07) is 4.92. The predicted molar refractivity (Wildman–Crippen MR) is 92.1 cm³/mol. The summed E-state index contributed by atoms with van der Waals surface area (Å²) in [5, 5.41) is 11.3. The molecule has 1 heterocycles. The number of hydrogen-bond donors (Lipinski definition) is 1. The molecular formula is C16H17F3N4O2S. The van der Waals surface area contributed by atoms with E-state index in [-0.39, 0.29) is 17.4 Å². The molecule has 1 aromatic heterocycles. The zero-order valence-corrected chi connectivity index (χ0v) is 14.7. The first-order valence-corrected chi connectivity index (χ1v) is 8.62. The average Bonchev–Trinajstić information content (AvgIpc) is 2.96. The third-order valence-electron chi connectivity index (χ3n) is 3.13. The summed E-state index contributed by atoms with van der Waals surface area (Å²) in [5.41, 5.74) is 0.368. The lowest BCUT2D eigenvalue weighted by atomic mass is 10.3. The predicted octanol–water partition coefficient (Wildman–Crippen LogP) is 3.66. The summed E-state index contributed by atoms with van der Waals surface area (Å²) >= 11 is 1.22. The van der Waals surface area contributed by atoms with Crippen molar-refractivity contribution in [3.63, 3.8) is 0 Å². The van der Waals surface area contributed by atoms with E-state index in [4.69, 9.17) is 0 Å². The smallest absolute Gasteiger partial charge is 0.406 e. The van der Waals surface area contributed by atoms with Crippen LogP contribution in [0, 0.1) is 0 Å². The molecule has 10 heteroatoms. The average molecular weight is 386 g/mol. The lowest BCUT2D eigenvalue weighted by Gasteiger charge is -2.10. The summed E-state index contributed by atoms with van der Waals surface area (Å²) in [6.07, 6.45) is -2.32. The number of anilines is 1. The number of aryl methyl sites for hydroxylation is 1. The van der Waals surface area contributed by atoms with E-state index in [9.17, 15) is 18.0 Å². The third kappa shape index (κ3) is 5.80. The number of ether oxygens (including phenoxy) is 1. The number of aromatic nitrogens is 3. The van der Waals surface area contributed by atoms with Gasteiger partial charge in [-0.1, -0.05) is 24.8 Å². The Kier molecular flexibility index (Phi) is 6.67. The molecule has 0 aliphatic heterocycles. The van der Waals surface area contributed by atoms with E-state index < -0.39 is 6.36 Å².